The number of benzene rings is 1. The van der Waals surface area contributed by atoms with Gasteiger partial charge in [0.1, 0.15) is 0 Å². The number of hydrogen-bond acceptors (Lipinski definition) is 6. The molecule has 6 nitrogen and oxygen atoms in total. The fraction of sp³-hybridized carbons (Fsp3) is 0.250. The van der Waals surface area contributed by atoms with Crippen LogP contribution in [0.1, 0.15) is 5.69 Å². The van der Waals surface area contributed by atoms with Gasteiger partial charge in [-0.1, -0.05) is 0 Å². The average molecular weight is 349 g/mol. The van der Waals surface area contributed by atoms with Gasteiger partial charge in [0.15, 0.2) is 16.6 Å². The summed E-state index contributed by atoms with van der Waals surface area (Å²) in [6.07, 6.45) is 0. The predicted molar refractivity (Wildman–Crippen MR) is 82.0 cm³/mol. The summed E-state index contributed by atoms with van der Waals surface area (Å²) in [6.45, 7) is 0. The predicted octanol–water partition coefficient (Wildman–Crippen LogP) is 2.70. The summed E-state index contributed by atoms with van der Waals surface area (Å²) in [5.74, 6) is 1.02. The van der Waals surface area contributed by atoms with Crippen molar-refractivity contribution in [2.75, 3.05) is 18.9 Å². The molecule has 9 heteroatoms. The van der Waals surface area contributed by atoms with Crippen molar-refractivity contribution in [1.82, 2.24) is 4.98 Å². The Morgan fingerprint density at radius 3 is 2.57 bits per heavy atom. The summed E-state index contributed by atoms with van der Waals surface area (Å²) in [7, 11) is -0.827. The fourth-order valence-corrected chi connectivity index (χ4v) is 3.78. The van der Waals surface area contributed by atoms with Crippen LogP contribution in [0.15, 0.2) is 28.5 Å². The van der Waals surface area contributed by atoms with E-state index in [4.69, 9.17) is 21.1 Å². The minimum Gasteiger partial charge on any atom is -0.493 e. The number of anilines is 1. The molecule has 0 aliphatic heterocycles. The van der Waals surface area contributed by atoms with Crippen molar-refractivity contribution in [3.63, 3.8) is 0 Å². The molecule has 0 bridgehead atoms. The van der Waals surface area contributed by atoms with E-state index in [1.54, 1.807) is 5.38 Å². The quantitative estimate of drug-likeness (QED) is 0.812. The Kier molecular flexibility index (Phi) is 4.92. The van der Waals surface area contributed by atoms with Crippen LogP contribution in [0.5, 0.6) is 11.5 Å². The zero-order valence-electron chi connectivity index (χ0n) is 11.3. The number of halogens is 1. The first-order chi connectivity index (χ1) is 10.00. The first kappa shape index (κ1) is 15.9. The second kappa shape index (κ2) is 6.50. The maximum atomic E-state index is 12.3. The molecule has 1 aromatic carbocycles. The highest BCUT2D eigenvalue weighted by atomic mass is 35.5. The Morgan fingerprint density at radius 1 is 1.29 bits per heavy atom. The van der Waals surface area contributed by atoms with E-state index in [9.17, 15) is 8.42 Å². The molecule has 0 fully saturated rings. The van der Waals surface area contributed by atoms with Gasteiger partial charge in [0.05, 0.1) is 30.7 Å². The second-order valence-electron chi connectivity index (χ2n) is 3.90. The summed E-state index contributed by atoms with van der Waals surface area (Å²) in [6, 6.07) is 4.34. The number of nitrogens with one attached hydrogen (secondary N) is 1. The van der Waals surface area contributed by atoms with Gasteiger partial charge in [-0.25, -0.2) is 13.4 Å². The Morgan fingerprint density at radius 2 is 2.00 bits per heavy atom. The lowest BCUT2D eigenvalue weighted by Gasteiger charge is -2.10. The average Bonchev–Trinajstić information content (AvgIpc) is 2.93. The number of hydrogen-bond donors (Lipinski definition) is 1. The third kappa shape index (κ3) is 3.58. The van der Waals surface area contributed by atoms with Crippen LogP contribution >= 0.6 is 22.9 Å². The minimum absolute atomic E-state index is 0.0581. The summed E-state index contributed by atoms with van der Waals surface area (Å²) >= 11 is 6.81. The summed E-state index contributed by atoms with van der Waals surface area (Å²) in [4.78, 5) is 4.11. The van der Waals surface area contributed by atoms with Crippen molar-refractivity contribution in [1.29, 1.82) is 0 Å². The smallest absolute Gasteiger partial charge is 0.263 e. The summed E-state index contributed by atoms with van der Waals surface area (Å²) < 4.78 is 37.2. The minimum atomic E-state index is -3.75. The van der Waals surface area contributed by atoms with Gasteiger partial charge in [-0.3, -0.25) is 4.72 Å². The molecule has 1 aromatic heterocycles. The first-order valence-corrected chi connectivity index (χ1v) is 8.65. The molecule has 0 radical (unpaired) electrons. The SMILES string of the molecule is COc1ccc(S(=O)(=O)Nc2nc(CCl)cs2)cc1OC. The van der Waals surface area contributed by atoms with Gasteiger partial charge < -0.3 is 9.47 Å². The van der Waals surface area contributed by atoms with Crippen LogP contribution in [0.3, 0.4) is 0 Å². The number of rotatable bonds is 6. The molecule has 0 aliphatic rings. The largest absolute Gasteiger partial charge is 0.493 e. The lowest BCUT2D eigenvalue weighted by Crippen LogP contribution is -2.13. The van der Waals surface area contributed by atoms with Gasteiger partial charge in [0, 0.05) is 11.4 Å². The molecule has 1 N–H and O–H groups in total. The van der Waals surface area contributed by atoms with E-state index in [1.807, 2.05) is 0 Å². The Hall–Kier alpha value is -1.51. The van der Waals surface area contributed by atoms with Crippen LogP contribution in [0.4, 0.5) is 5.13 Å². The molecular formula is C12H13ClN2O4S2. The number of alkyl halides is 1. The molecule has 114 valence electrons. The van der Waals surface area contributed by atoms with Gasteiger partial charge in [-0.2, -0.15) is 0 Å². The van der Waals surface area contributed by atoms with Crippen LogP contribution in [-0.2, 0) is 15.9 Å². The summed E-state index contributed by atoms with van der Waals surface area (Å²) in [5.41, 5.74) is 0.617. The van der Waals surface area contributed by atoms with Crippen LogP contribution in [-0.4, -0.2) is 27.6 Å². The van der Waals surface area contributed by atoms with Gasteiger partial charge in [0.25, 0.3) is 10.0 Å². The number of thiazole rings is 1. The molecule has 0 saturated carbocycles. The van der Waals surface area contributed by atoms with Crippen LogP contribution in [0.2, 0.25) is 0 Å². The molecule has 21 heavy (non-hydrogen) atoms. The van der Waals surface area contributed by atoms with E-state index in [2.05, 4.69) is 9.71 Å². The number of aromatic nitrogens is 1. The first-order valence-electron chi connectivity index (χ1n) is 5.75. The molecule has 0 amide bonds. The number of methoxy groups -OCH3 is 2. The zero-order valence-corrected chi connectivity index (χ0v) is 13.7. The highest BCUT2D eigenvalue weighted by Gasteiger charge is 2.18. The van der Waals surface area contributed by atoms with E-state index in [1.165, 1.54) is 43.8 Å². The number of ether oxygens (including phenoxy) is 2. The maximum absolute atomic E-state index is 12.3. The van der Waals surface area contributed by atoms with Crippen molar-refractivity contribution in [2.45, 2.75) is 10.8 Å². The Labute approximate surface area is 131 Å². The third-order valence-electron chi connectivity index (χ3n) is 2.58. The molecule has 1 heterocycles. The molecular weight excluding hydrogens is 336 g/mol. The van der Waals surface area contributed by atoms with E-state index in [-0.39, 0.29) is 15.9 Å². The molecule has 2 rings (SSSR count). The molecule has 0 atom stereocenters. The number of sulfonamides is 1. The van der Waals surface area contributed by atoms with Gasteiger partial charge in [0.2, 0.25) is 0 Å². The van der Waals surface area contributed by atoms with Crippen molar-refractivity contribution >= 4 is 38.1 Å². The van der Waals surface area contributed by atoms with E-state index in [0.717, 1.165) is 0 Å². The fourth-order valence-electron chi connectivity index (χ4n) is 1.57. The van der Waals surface area contributed by atoms with Gasteiger partial charge in [-0.15, -0.1) is 22.9 Å². The number of nitrogens with zero attached hydrogens (tertiary/aromatic N) is 1. The highest BCUT2D eigenvalue weighted by Crippen LogP contribution is 2.30. The third-order valence-corrected chi connectivity index (χ3v) is 5.12. The summed E-state index contributed by atoms with van der Waals surface area (Å²) in [5, 5.41) is 1.96. The van der Waals surface area contributed by atoms with Crippen LogP contribution in [0, 0.1) is 0 Å². The topological polar surface area (TPSA) is 77.5 Å². The Bertz CT molecular complexity index is 731. The van der Waals surface area contributed by atoms with Gasteiger partial charge in [-0.05, 0) is 12.1 Å². The maximum Gasteiger partial charge on any atom is 0.263 e. The van der Waals surface area contributed by atoms with E-state index < -0.39 is 10.0 Å². The molecule has 0 aliphatic carbocycles. The normalized spacial score (nSPS) is 11.2. The van der Waals surface area contributed by atoms with E-state index >= 15 is 0 Å². The lowest BCUT2D eigenvalue weighted by molar-refractivity contribution is 0.354. The Balaban J connectivity index is 2.30. The van der Waals surface area contributed by atoms with Crippen molar-refractivity contribution in [2.24, 2.45) is 0 Å². The van der Waals surface area contributed by atoms with Crippen molar-refractivity contribution in [3.05, 3.63) is 29.3 Å². The van der Waals surface area contributed by atoms with Gasteiger partial charge >= 0.3 is 0 Å². The molecule has 0 saturated heterocycles. The van der Waals surface area contributed by atoms with Crippen molar-refractivity contribution in [3.8, 4) is 11.5 Å². The monoisotopic (exact) mass is 348 g/mol. The standard InChI is InChI=1S/C12H13ClN2O4S2/c1-18-10-4-3-9(5-11(10)19-2)21(16,17)15-12-14-8(6-13)7-20-12/h3-5,7H,6H2,1-2H3,(H,14,15). The lowest BCUT2D eigenvalue weighted by atomic mass is 10.3. The van der Waals surface area contributed by atoms with E-state index in [0.29, 0.717) is 17.2 Å². The van der Waals surface area contributed by atoms with Crippen molar-refractivity contribution < 1.29 is 17.9 Å². The molecule has 0 spiro atoms. The van der Waals surface area contributed by atoms with Crippen LogP contribution < -0.4 is 14.2 Å². The van der Waals surface area contributed by atoms with Crippen LogP contribution in [0.25, 0.3) is 0 Å². The molecule has 2 aromatic rings. The highest BCUT2D eigenvalue weighted by molar-refractivity contribution is 7.93. The zero-order chi connectivity index (χ0) is 15.5. The second-order valence-corrected chi connectivity index (χ2v) is 6.71. The molecule has 0 unspecified atom stereocenters.